The number of carboxylic acids is 1. The van der Waals surface area contributed by atoms with Crippen LogP contribution in [0.5, 0.6) is 0 Å². The van der Waals surface area contributed by atoms with Crippen LogP contribution in [-0.2, 0) is 11.3 Å². The van der Waals surface area contributed by atoms with Crippen LogP contribution in [0.25, 0.3) is 0 Å². The second kappa shape index (κ2) is 6.28. The van der Waals surface area contributed by atoms with Crippen molar-refractivity contribution in [2.45, 2.75) is 12.5 Å². The predicted molar refractivity (Wildman–Crippen MR) is 82.0 cm³/mol. The van der Waals surface area contributed by atoms with Crippen molar-refractivity contribution in [2.75, 3.05) is 13.1 Å². The molecule has 4 heteroatoms. The van der Waals surface area contributed by atoms with Gasteiger partial charge in [-0.25, -0.2) is 4.39 Å². The van der Waals surface area contributed by atoms with E-state index in [1.165, 1.54) is 12.1 Å². The third kappa shape index (κ3) is 3.17. The van der Waals surface area contributed by atoms with Crippen LogP contribution >= 0.6 is 0 Å². The molecule has 2 unspecified atom stereocenters. The van der Waals surface area contributed by atoms with Crippen molar-refractivity contribution >= 4 is 5.97 Å². The van der Waals surface area contributed by atoms with Crippen LogP contribution in [-0.4, -0.2) is 29.1 Å². The van der Waals surface area contributed by atoms with Gasteiger partial charge in [0, 0.05) is 25.6 Å². The number of likely N-dealkylation sites (tertiary alicyclic amines) is 1. The van der Waals surface area contributed by atoms with E-state index in [-0.39, 0.29) is 11.7 Å². The third-order valence-electron chi connectivity index (χ3n) is 4.24. The molecule has 22 heavy (non-hydrogen) atoms. The van der Waals surface area contributed by atoms with E-state index in [9.17, 15) is 14.3 Å². The Morgan fingerprint density at radius 1 is 1.14 bits per heavy atom. The van der Waals surface area contributed by atoms with Gasteiger partial charge in [-0.05, 0) is 23.3 Å². The molecule has 0 amide bonds. The van der Waals surface area contributed by atoms with Crippen molar-refractivity contribution < 1.29 is 14.3 Å². The lowest BCUT2D eigenvalue weighted by molar-refractivity contribution is -0.141. The molecule has 0 bridgehead atoms. The Balaban J connectivity index is 1.79. The SMILES string of the molecule is O=C(O)C1CN(Cc2ccccc2)CC1c1cccc(F)c1. The molecule has 0 radical (unpaired) electrons. The second-order valence-electron chi connectivity index (χ2n) is 5.79. The molecule has 1 saturated heterocycles. The van der Waals surface area contributed by atoms with Gasteiger partial charge in [-0.1, -0.05) is 42.5 Å². The summed E-state index contributed by atoms with van der Waals surface area (Å²) in [4.78, 5) is 13.7. The first-order valence-electron chi connectivity index (χ1n) is 7.38. The van der Waals surface area contributed by atoms with Crippen LogP contribution in [0.15, 0.2) is 54.6 Å². The van der Waals surface area contributed by atoms with E-state index in [1.807, 2.05) is 36.4 Å². The molecule has 114 valence electrons. The number of aliphatic carboxylic acids is 1. The highest BCUT2D eigenvalue weighted by atomic mass is 19.1. The number of rotatable bonds is 4. The third-order valence-corrected chi connectivity index (χ3v) is 4.24. The molecular weight excluding hydrogens is 281 g/mol. The average Bonchev–Trinajstić information content (AvgIpc) is 2.92. The van der Waals surface area contributed by atoms with Crippen LogP contribution in [0.2, 0.25) is 0 Å². The smallest absolute Gasteiger partial charge is 0.308 e. The predicted octanol–water partition coefficient (Wildman–Crippen LogP) is 3.13. The summed E-state index contributed by atoms with van der Waals surface area (Å²) < 4.78 is 13.4. The zero-order chi connectivity index (χ0) is 15.5. The number of hydrogen-bond acceptors (Lipinski definition) is 2. The highest BCUT2D eigenvalue weighted by Crippen LogP contribution is 2.33. The van der Waals surface area contributed by atoms with Gasteiger partial charge in [-0.3, -0.25) is 9.69 Å². The summed E-state index contributed by atoms with van der Waals surface area (Å²) >= 11 is 0. The zero-order valence-corrected chi connectivity index (χ0v) is 12.2. The standard InChI is InChI=1S/C18H18FNO2/c19-15-8-4-7-14(9-15)16-11-20(12-17(16)18(21)22)10-13-5-2-1-3-6-13/h1-9,16-17H,10-12H2,(H,21,22). The molecule has 2 atom stereocenters. The first-order valence-corrected chi connectivity index (χ1v) is 7.38. The summed E-state index contributed by atoms with van der Waals surface area (Å²) in [5, 5.41) is 9.48. The number of hydrogen-bond donors (Lipinski definition) is 1. The van der Waals surface area contributed by atoms with Crippen LogP contribution < -0.4 is 0 Å². The number of carbonyl (C=O) groups is 1. The minimum Gasteiger partial charge on any atom is -0.481 e. The fourth-order valence-electron chi connectivity index (χ4n) is 3.18. The van der Waals surface area contributed by atoms with Crippen LogP contribution in [0.4, 0.5) is 4.39 Å². The van der Waals surface area contributed by atoms with E-state index >= 15 is 0 Å². The fraction of sp³-hybridized carbons (Fsp3) is 0.278. The first kappa shape index (κ1) is 14.7. The highest BCUT2D eigenvalue weighted by molar-refractivity contribution is 5.72. The lowest BCUT2D eigenvalue weighted by atomic mass is 9.89. The quantitative estimate of drug-likeness (QED) is 0.943. The Bertz CT molecular complexity index is 659. The van der Waals surface area contributed by atoms with Crippen molar-refractivity contribution in [3.63, 3.8) is 0 Å². The zero-order valence-electron chi connectivity index (χ0n) is 12.2. The Labute approximate surface area is 129 Å². The molecular formula is C18H18FNO2. The molecule has 3 nitrogen and oxygen atoms in total. The van der Waals surface area contributed by atoms with Crippen molar-refractivity contribution in [3.8, 4) is 0 Å². The van der Waals surface area contributed by atoms with E-state index in [0.717, 1.165) is 17.7 Å². The van der Waals surface area contributed by atoms with E-state index in [1.54, 1.807) is 6.07 Å². The number of halogens is 1. The maximum atomic E-state index is 13.4. The lowest BCUT2D eigenvalue weighted by Gasteiger charge is -2.16. The van der Waals surface area contributed by atoms with Gasteiger partial charge in [0.05, 0.1) is 5.92 Å². The van der Waals surface area contributed by atoms with E-state index in [2.05, 4.69) is 4.90 Å². The van der Waals surface area contributed by atoms with Gasteiger partial charge in [0.25, 0.3) is 0 Å². The van der Waals surface area contributed by atoms with Gasteiger partial charge in [-0.15, -0.1) is 0 Å². The molecule has 0 aromatic heterocycles. The second-order valence-corrected chi connectivity index (χ2v) is 5.79. The summed E-state index contributed by atoms with van der Waals surface area (Å²) in [5.41, 5.74) is 1.93. The lowest BCUT2D eigenvalue weighted by Crippen LogP contribution is -2.23. The molecule has 3 rings (SSSR count). The fourth-order valence-corrected chi connectivity index (χ4v) is 3.18. The van der Waals surface area contributed by atoms with Crippen molar-refractivity contribution in [2.24, 2.45) is 5.92 Å². The topological polar surface area (TPSA) is 40.5 Å². The molecule has 0 aliphatic carbocycles. The van der Waals surface area contributed by atoms with Gasteiger partial charge >= 0.3 is 5.97 Å². The van der Waals surface area contributed by atoms with Gasteiger partial charge in [0.1, 0.15) is 5.82 Å². The number of carboxylic acid groups (broad SMARTS) is 1. The van der Waals surface area contributed by atoms with Crippen LogP contribution in [0.1, 0.15) is 17.0 Å². The number of benzene rings is 2. The Morgan fingerprint density at radius 3 is 2.59 bits per heavy atom. The summed E-state index contributed by atoms with van der Waals surface area (Å²) in [7, 11) is 0. The molecule has 2 aromatic carbocycles. The monoisotopic (exact) mass is 299 g/mol. The summed E-state index contributed by atoms with van der Waals surface area (Å²) in [6.07, 6.45) is 0. The Morgan fingerprint density at radius 2 is 1.91 bits per heavy atom. The minimum atomic E-state index is -0.815. The molecule has 1 fully saturated rings. The summed E-state index contributed by atoms with van der Waals surface area (Å²) in [6.45, 7) is 1.84. The molecule has 2 aromatic rings. The number of nitrogens with zero attached hydrogens (tertiary/aromatic N) is 1. The normalized spacial score (nSPS) is 21.9. The van der Waals surface area contributed by atoms with Crippen molar-refractivity contribution in [1.29, 1.82) is 0 Å². The van der Waals surface area contributed by atoms with E-state index < -0.39 is 11.9 Å². The summed E-state index contributed by atoms with van der Waals surface area (Å²) in [5.74, 6) is -1.80. The highest BCUT2D eigenvalue weighted by Gasteiger charge is 2.38. The van der Waals surface area contributed by atoms with E-state index in [0.29, 0.717) is 13.1 Å². The van der Waals surface area contributed by atoms with Crippen molar-refractivity contribution in [3.05, 3.63) is 71.5 Å². The van der Waals surface area contributed by atoms with Gasteiger partial charge in [-0.2, -0.15) is 0 Å². The molecule has 1 aliphatic heterocycles. The average molecular weight is 299 g/mol. The van der Waals surface area contributed by atoms with Crippen LogP contribution in [0.3, 0.4) is 0 Å². The van der Waals surface area contributed by atoms with Gasteiger partial charge in [0.15, 0.2) is 0 Å². The van der Waals surface area contributed by atoms with E-state index in [4.69, 9.17) is 0 Å². The maximum Gasteiger partial charge on any atom is 0.308 e. The first-order chi connectivity index (χ1) is 10.6. The van der Waals surface area contributed by atoms with Gasteiger partial charge in [0.2, 0.25) is 0 Å². The van der Waals surface area contributed by atoms with Gasteiger partial charge < -0.3 is 5.11 Å². The molecule has 1 aliphatic rings. The molecule has 0 spiro atoms. The van der Waals surface area contributed by atoms with Crippen molar-refractivity contribution in [1.82, 2.24) is 4.90 Å². The summed E-state index contributed by atoms with van der Waals surface area (Å²) in [6, 6.07) is 16.3. The Kier molecular flexibility index (Phi) is 4.20. The molecule has 1 N–H and O–H groups in total. The minimum absolute atomic E-state index is 0.170. The Hall–Kier alpha value is -2.20. The molecule has 0 saturated carbocycles. The molecule has 1 heterocycles. The van der Waals surface area contributed by atoms with Crippen LogP contribution in [0, 0.1) is 11.7 Å². The maximum absolute atomic E-state index is 13.4. The largest absolute Gasteiger partial charge is 0.481 e.